The van der Waals surface area contributed by atoms with E-state index in [1.54, 1.807) is 13.8 Å². The monoisotopic (exact) mass is 493 g/mol. The van der Waals surface area contributed by atoms with Gasteiger partial charge in [-0.2, -0.15) is 13.2 Å². The van der Waals surface area contributed by atoms with Crippen molar-refractivity contribution in [3.63, 3.8) is 0 Å². The molecule has 3 N–H and O–H groups in total. The van der Waals surface area contributed by atoms with Gasteiger partial charge in [0.05, 0.1) is 24.5 Å². The summed E-state index contributed by atoms with van der Waals surface area (Å²) in [6.07, 6.45) is -3.25. The molecule has 35 heavy (non-hydrogen) atoms. The first-order chi connectivity index (χ1) is 16.6. The number of anilines is 2. The number of H-pyrrole nitrogens is 1. The van der Waals surface area contributed by atoms with E-state index in [9.17, 15) is 27.2 Å². The van der Waals surface area contributed by atoms with Crippen molar-refractivity contribution < 1.29 is 31.8 Å². The molecule has 7 nitrogen and oxygen atoms in total. The Morgan fingerprint density at radius 3 is 2.43 bits per heavy atom. The molecule has 0 unspecified atom stereocenters. The molecule has 186 valence electrons. The van der Waals surface area contributed by atoms with Crippen LogP contribution < -0.4 is 20.9 Å². The van der Waals surface area contributed by atoms with Gasteiger partial charge in [-0.15, -0.1) is 0 Å². The molecule has 0 fully saturated rings. The highest BCUT2D eigenvalue weighted by Gasteiger charge is 2.33. The molecule has 0 bridgehead atoms. The number of hydrogen-bond donors (Lipinski definition) is 3. The summed E-state index contributed by atoms with van der Waals surface area (Å²) in [5, 5.41) is 4.55. The van der Waals surface area contributed by atoms with Crippen molar-refractivity contribution in [2.24, 2.45) is 0 Å². The Kier molecular flexibility index (Phi) is 8.13. The quantitative estimate of drug-likeness (QED) is 0.347. The summed E-state index contributed by atoms with van der Waals surface area (Å²) in [5.41, 5.74) is -0.854. The lowest BCUT2D eigenvalue weighted by Gasteiger charge is -2.15. The molecule has 0 spiro atoms. The van der Waals surface area contributed by atoms with E-state index in [4.69, 9.17) is 9.47 Å². The average molecular weight is 493 g/mol. The number of aromatic amines is 1. The normalized spacial score (nSPS) is 11.3. The Labute approximate surface area is 198 Å². The van der Waals surface area contributed by atoms with Crippen LogP contribution in [0.1, 0.15) is 25.0 Å². The van der Waals surface area contributed by atoms with E-state index >= 15 is 0 Å². The Morgan fingerprint density at radius 1 is 1.00 bits per heavy atom. The maximum Gasteiger partial charge on any atom is 0.416 e. The van der Waals surface area contributed by atoms with Gasteiger partial charge in [0, 0.05) is 24.1 Å². The van der Waals surface area contributed by atoms with Crippen molar-refractivity contribution >= 4 is 17.4 Å². The van der Waals surface area contributed by atoms with E-state index in [0.717, 1.165) is 12.1 Å². The molecular weight excluding hydrogens is 470 g/mol. The minimum Gasteiger partial charge on any atom is -0.488 e. The van der Waals surface area contributed by atoms with Crippen molar-refractivity contribution in [3.05, 3.63) is 76.0 Å². The van der Waals surface area contributed by atoms with Crippen molar-refractivity contribution in [2.75, 3.05) is 23.8 Å². The summed E-state index contributed by atoms with van der Waals surface area (Å²) in [5.74, 6) is -0.706. The summed E-state index contributed by atoms with van der Waals surface area (Å²) in [7, 11) is 0. The van der Waals surface area contributed by atoms with Crippen LogP contribution in [-0.2, 0) is 17.5 Å². The minimum atomic E-state index is -4.65. The first kappa shape index (κ1) is 25.8. The van der Waals surface area contributed by atoms with Crippen LogP contribution in [0.3, 0.4) is 0 Å². The molecule has 3 rings (SSSR count). The SMILES string of the molecule is CCOCc1ccc(NC(=O)Nc2ccc(-c3c[nH]c(=O)c(OCC)c3)cc2F)cc1C(F)(F)F. The van der Waals surface area contributed by atoms with Gasteiger partial charge >= 0.3 is 12.2 Å². The number of hydrogen-bond acceptors (Lipinski definition) is 4. The third kappa shape index (κ3) is 6.60. The number of alkyl halides is 3. The van der Waals surface area contributed by atoms with Gasteiger partial charge in [0.25, 0.3) is 5.56 Å². The zero-order valence-electron chi connectivity index (χ0n) is 18.9. The van der Waals surface area contributed by atoms with Gasteiger partial charge in [-0.3, -0.25) is 4.79 Å². The second-order valence-corrected chi connectivity index (χ2v) is 7.30. The highest BCUT2D eigenvalue weighted by Crippen LogP contribution is 2.34. The van der Waals surface area contributed by atoms with Crippen LogP contribution in [0.2, 0.25) is 0 Å². The lowest BCUT2D eigenvalue weighted by atomic mass is 10.1. The van der Waals surface area contributed by atoms with E-state index in [-0.39, 0.29) is 42.5 Å². The van der Waals surface area contributed by atoms with Crippen LogP contribution in [0.25, 0.3) is 11.1 Å². The molecule has 0 aliphatic rings. The summed E-state index contributed by atoms with van der Waals surface area (Å²) in [6.45, 7) is 3.68. The molecule has 0 aliphatic carbocycles. The number of halogens is 4. The van der Waals surface area contributed by atoms with Crippen LogP contribution in [0, 0.1) is 5.82 Å². The molecule has 1 aromatic heterocycles. The van der Waals surface area contributed by atoms with Gasteiger partial charge < -0.3 is 25.1 Å². The number of benzene rings is 2. The zero-order chi connectivity index (χ0) is 25.6. The van der Waals surface area contributed by atoms with Gasteiger partial charge in [0.15, 0.2) is 5.75 Å². The first-order valence-electron chi connectivity index (χ1n) is 10.6. The summed E-state index contributed by atoms with van der Waals surface area (Å²) < 4.78 is 65.2. The number of amides is 2. The van der Waals surface area contributed by atoms with Crippen molar-refractivity contribution in [1.82, 2.24) is 4.98 Å². The van der Waals surface area contributed by atoms with Gasteiger partial charge in [-0.25, -0.2) is 9.18 Å². The molecule has 0 aliphatic heterocycles. The number of nitrogens with one attached hydrogen (secondary N) is 3. The van der Waals surface area contributed by atoms with Crippen molar-refractivity contribution in [3.8, 4) is 16.9 Å². The maximum absolute atomic E-state index is 14.6. The van der Waals surface area contributed by atoms with E-state index in [2.05, 4.69) is 15.6 Å². The molecule has 3 aromatic rings. The molecule has 0 saturated carbocycles. The predicted octanol–water partition coefficient (Wildman–Crippen LogP) is 5.78. The Morgan fingerprint density at radius 2 is 1.77 bits per heavy atom. The third-order valence-electron chi connectivity index (χ3n) is 4.85. The van der Waals surface area contributed by atoms with Gasteiger partial charge in [0.1, 0.15) is 5.82 Å². The van der Waals surface area contributed by atoms with Crippen LogP contribution in [0.15, 0.2) is 53.5 Å². The molecule has 11 heteroatoms. The lowest BCUT2D eigenvalue weighted by Crippen LogP contribution is -2.21. The second kappa shape index (κ2) is 11.0. The van der Waals surface area contributed by atoms with E-state index in [0.29, 0.717) is 11.1 Å². The van der Waals surface area contributed by atoms with Gasteiger partial charge in [-0.1, -0.05) is 12.1 Å². The van der Waals surface area contributed by atoms with Crippen molar-refractivity contribution in [1.29, 1.82) is 0 Å². The Hall–Kier alpha value is -3.86. The molecule has 0 atom stereocenters. The zero-order valence-corrected chi connectivity index (χ0v) is 18.9. The fourth-order valence-electron chi connectivity index (χ4n) is 3.23. The summed E-state index contributed by atoms with van der Waals surface area (Å²) >= 11 is 0. The minimum absolute atomic E-state index is 0.0679. The maximum atomic E-state index is 14.6. The number of aromatic nitrogens is 1. The number of rotatable bonds is 8. The van der Waals surface area contributed by atoms with Crippen LogP contribution >= 0.6 is 0 Å². The molecular formula is C24H23F4N3O4. The summed E-state index contributed by atoms with van der Waals surface area (Å²) in [6, 6.07) is 7.78. The molecule has 0 saturated heterocycles. The van der Waals surface area contributed by atoms with Gasteiger partial charge in [-0.05, 0) is 55.3 Å². The first-order valence-corrected chi connectivity index (χ1v) is 10.6. The Bertz CT molecular complexity index is 1260. The average Bonchev–Trinajstić information content (AvgIpc) is 2.80. The number of carbonyl (C=O) groups excluding carboxylic acids is 1. The number of ether oxygens (including phenoxy) is 2. The second-order valence-electron chi connectivity index (χ2n) is 7.30. The Balaban J connectivity index is 1.75. The van der Waals surface area contributed by atoms with E-state index in [1.807, 2.05) is 0 Å². The van der Waals surface area contributed by atoms with Crippen molar-refractivity contribution in [2.45, 2.75) is 26.6 Å². The number of urea groups is 1. The molecule has 1 heterocycles. The standard InChI is InChI=1S/C24H23F4N3O4/c1-3-34-13-15-5-7-17(11-18(15)24(26,27)28)30-23(33)31-20-8-6-14(9-19(20)25)16-10-21(35-4-2)22(32)29-12-16/h5-12H,3-4,13H2,1-2H3,(H,29,32)(H2,30,31,33). The molecule has 2 aromatic carbocycles. The summed E-state index contributed by atoms with van der Waals surface area (Å²) in [4.78, 5) is 26.6. The number of pyridine rings is 1. The van der Waals surface area contributed by atoms with E-state index < -0.39 is 29.1 Å². The highest BCUT2D eigenvalue weighted by atomic mass is 19.4. The fourth-order valence-corrected chi connectivity index (χ4v) is 3.23. The number of carbonyl (C=O) groups is 1. The van der Waals surface area contributed by atoms with Crippen LogP contribution in [-0.4, -0.2) is 24.2 Å². The predicted molar refractivity (Wildman–Crippen MR) is 123 cm³/mol. The smallest absolute Gasteiger partial charge is 0.416 e. The third-order valence-corrected chi connectivity index (χ3v) is 4.85. The van der Waals surface area contributed by atoms with Crippen LogP contribution in [0.4, 0.5) is 33.7 Å². The molecule has 2 amide bonds. The van der Waals surface area contributed by atoms with Crippen LogP contribution in [0.5, 0.6) is 5.75 Å². The van der Waals surface area contributed by atoms with E-state index in [1.165, 1.54) is 36.5 Å². The lowest BCUT2D eigenvalue weighted by molar-refractivity contribution is -0.138. The fraction of sp³-hybridized carbons (Fsp3) is 0.250. The van der Waals surface area contributed by atoms with Gasteiger partial charge in [0.2, 0.25) is 0 Å². The molecule has 0 radical (unpaired) electrons. The topological polar surface area (TPSA) is 92.5 Å². The highest BCUT2D eigenvalue weighted by molar-refractivity contribution is 6.00. The largest absolute Gasteiger partial charge is 0.488 e.